The molecule has 0 spiro atoms. The van der Waals surface area contributed by atoms with Crippen molar-refractivity contribution in [3.8, 4) is 0 Å². The maximum absolute atomic E-state index is 12.3. The molecule has 1 aromatic heterocycles. The van der Waals surface area contributed by atoms with E-state index in [0.717, 1.165) is 16.9 Å². The molecule has 0 saturated carbocycles. The van der Waals surface area contributed by atoms with Gasteiger partial charge in [0.05, 0.1) is 5.69 Å². The van der Waals surface area contributed by atoms with Crippen molar-refractivity contribution >= 4 is 28.1 Å². The molecule has 0 fully saturated rings. The van der Waals surface area contributed by atoms with Gasteiger partial charge in [-0.1, -0.05) is 20.8 Å². The van der Waals surface area contributed by atoms with Gasteiger partial charge in [-0.2, -0.15) is 0 Å². The number of aromatic nitrogens is 1. The van der Waals surface area contributed by atoms with Crippen LogP contribution in [0.4, 0.5) is 10.8 Å². The van der Waals surface area contributed by atoms with Gasteiger partial charge in [0.25, 0.3) is 5.91 Å². The molecule has 0 aliphatic rings. The molecule has 1 amide bonds. The van der Waals surface area contributed by atoms with Crippen molar-refractivity contribution in [3.63, 3.8) is 0 Å². The number of nitrogens with zero attached hydrogens (tertiary/aromatic N) is 1. The molecule has 0 aliphatic carbocycles. The number of amides is 1. The Morgan fingerprint density at radius 3 is 2.52 bits per heavy atom. The summed E-state index contributed by atoms with van der Waals surface area (Å²) in [6, 6.07) is 5.60. The largest absolute Gasteiger partial charge is 0.388 e. The van der Waals surface area contributed by atoms with Gasteiger partial charge in [-0.3, -0.25) is 10.1 Å². The van der Waals surface area contributed by atoms with Crippen molar-refractivity contribution in [1.29, 1.82) is 0 Å². The Labute approximate surface area is 129 Å². The predicted molar refractivity (Wildman–Crippen MR) is 89.5 cm³/mol. The van der Waals surface area contributed by atoms with E-state index in [4.69, 9.17) is 0 Å². The highest BCUT2D eigenvalue weighted by atomic mass is 32.1. The number of thiazole rings is 1. The molecule has 2 N–H and O–H groups in total. The number of rotatable bonds is 3. The Bertz CT molecular complexity index is 656. The molecule has 1 aromatic carbocycles. The van der Waals surface area contributed by atoms with Crippen LogP contribution in [0.5, 0.6) is 0 Å². The number of carbonyl (C=O) groups excluding carboxylic acids is 1. The van der Waals surface area contributed by atoms with Crippen LogP contribution >= 0.6 is 11.3 Å². The quantitative estimate of drug-likeness (QED) is 0.899. The second-order valence-corrected chi connectivity index (χ2v) is 6.88. The number of carbonyl (C=O) groups is 1. The van der Waals surface area contributed by atoms with Gasteiger partial charge in [0.15, 0.2) is 5.13 Å². The maximum atomic E-state index is 12.3. The van der Waals surface area contributed by atoms with E-state index >= 15 is 0 Å². The molecule has 2 aromatic rings. The van der Waals surface area contributed by atoms with Crippen molar-refractivity contribution in [3.05, 3.63) is 40.4 Å². The van der Waals surface area contributed by atoms with Crippen LogP contribution in [0.2, 0.25) is 0 Å². The van der Waals surface area contributed by atoms with Gasteiger partial charge in [0.2, 0.25) is 0 Å². The molecule has 2 rings (SSSR count). The summed E-state index contributed by atoms with van der Waals surface area (Å²) < 4.78 is 0. The third-order valence-corrected chi connectivity index (χ3v) is 4.01. The second-order valence-electron chi connectivity index (χ2n) is 6.02. The van der Waals surface area contributed by atoms with Gasteiger partial charge in [0, 0.05) is 29.1 Å². The highest BCUT2D eigenvalue weighted by Gasteiger charge is 2.18. The number of benzene rings is 1. The third-order valence-electron chi connectivity index (χ3n) is 3.25. The number of hydrogen-bond donors (Lipinski definition) is 2. The average molecular weight is 303 g/mol. The van der Waals surface area contributed by atoms with E-state index < -0.39 is 0 Å². The molecule has 4 nitrogen and oxygen atoms in total. The first-order valence-corrected chi connectivity index (χ1v) is 7.75. The first-order chi connectivity index (χ1) is 9.81. The molecule has 1 heterocycles. The molecule has 0 atom stereocenters. The number of anilines is 2. The highest BCUT2D eigenvalue weighted by molar-refractivity contribution is 7.14. The van der Waals surface area contributed by atoms with E-state index in [0.29, 0.717) is 10.7 Å². The van der Waals surface area contributed by atoms with Gasteiger partial charge in [-0.15, -0.1) is 11.3 Å². The monoisotopic (exact) mass is 303 g/mol. The van der Waals surface area contributed by atoms with Gasteiger partial charge in [-0.25, -0.2) is 4.98 Å². The zero-order valence-corrected chi connectivity index (χ0v) is 13.9. The lowest BCUT2D eigenvalue weighted by molar-refractivity contribution is 0.102. The SMILES string of the molecule is CNc1ccc(C(=O)Nc2nc(C(C)(C)C)cs2)cc1C. The Balaban J connectivity index is 2.14. The maximum Gasteiger partial charge on any atom is 0.257 e. The van der Waals surface area contributed by atoms with Crippen molar-refractivity contribution in [1.82, 2.24) is 4.98 Å². The van der Waals surface area contributed by atoms with Crippen LogP contribution < -0.4 is 10.6 Å². The summed E-state index contributed by atoms with van der Waals surface area (Å²) in [5, 5.41) is 8.58. The fourth-order valence-electron chi connectivity index (χ4n) is 1.93. The standard InChI is InChI=1S/C16H21N3OS/c1-10-8-11(6-7-12(10)17-5)14(20)19-15-18-13(9-21-15)16(2,3)4/h6-9,17H,1-5H3,(H,18,19,20). The summed E-state index contributed by atoms with van der Waals surface area (Å²) >= 11 is 1.46. The lowest BCUT2D eigenvalue weighted by Crippen LogP contribution is -2.14. The Hall–Kier alpha value is -1.88. The fourth-order valence-corrected chi connectivity index (χ4v) is 2.86. The third kappa shape index (κ3) is 3.61. The Kier molecular flexibility index (Phi) is 4.32. The molecule has 0 saturated heterocycles. The molecule has 21 heavy (non-hydrogen) atoms. The van der Waals surface area contributed by atoms with E-state index in [1.54, 1.807) is 0 Å². The van der Waals surface area contributed by atoms with Crippen LogP contribution in [0.25, 0.3) is 0 Å². The van der Waals surface area contributed by atoms with Gasteiger partial charge < -0.3 is 5.32 Å². The Morgan fingerprint density at radius 2 is 2.00 bits per heavy atom. The van der Waals surface area contributed by atoms with Crippen LogP contribution in [0.15, 0.2) is 23.6 Å². The van der Waals surface area contributed by atoms with Gasteiger partial charge >= 0.3 is 0 Å². The molecular weight excluding hydrogens is 282 g/mol. The van der Waals surface area contributed by atoms with Crippen LogP contribution in [0, 0.1) is 6.92 Å². The zero-order valence-electron chi connectivity index (χ0n) is 13.1. The van der Waals surface area contributed by atoms with Crippen LogP contribution in [0.3, 0.4) is 0 Å². The molecule has 0 aliphatic heterocycles. The molecular formula is C16H21N3OS. The summed E-state index contributed by atoms with van der Waals surface area (Å²) in [6.45, 7) is 8.29. The van der Waals surface area contributed by atoms with Crippen molar-refractivity contribution in [2.45, 2.75) is 33.1 Å². The van der Waals surface area contributed by atoms with Gasteiger partial charge in [-0.05, 0) is 30.7 Å². The molecule has 0 radical (unpaired) electrons. The topological polar surface area (TPSA) is 54.0 Å². The van der Waals surface area contributed by atoms with E-state index in [1.165, 1.54) is 11.3 Å². The highest BCUT2D eigenvalue weighted by Crippen LogP contribution is 2.26. The molecule has 5 heteroatoms. The lowest BCUT2D eigenvalue weighted by atomic mass is 9.93. The zero-order chi connectivity index (χ0) is 15.6. The summed E-state index contributed by atoms with van der Waals surface area (Å²) in [7, 11) is 1.87. The number of aryl methyl sites for hydroxylation is 1. The summed E-state index contributed by atoms with van der Waals surface area (Å²) in [5.74, 6) is -0.129. The molecule has 112 valence electrons. The van der Waals surface area contributed by atoms with Crippen molar-refractivity contribution in [2.75, 3.05) is 17.7 Å². The van der Waals surface area contributed by atoms with Crippen molar-refractivity contribution < 1.29 is 4.79 Å². The van der Waals surface area contributed by atoms with E-state index in [9.17, 15) is 4.79 Å². The summed E-state index contributed by atoms with van der Waals surface area (Å²) in [4.78, 5) is 16.7. The fraction of sp³-hybridized carbons (Fsp3) is 0.375. The smallest absolute Gasteiger partial charge is 0.257 e. The van der Waals surface area contributed by atoms with Crippen LogP contribution in [-0.4, -0.2) is 17.9 Å². The summed E-state index contributed by atoms with van der Waals surface area (Å²) in [6.07, 6.45) is 0. The first-order valence-electron chi connectivity index (χ1n) is 6.87. The first kappa shape index (κ1) is 15.5. The molecule has 0 bridgehead atoms. The van der Waals surface area contributed by atoms with Crippen molar-refractivity contribution in [2.24, 2.45) is 0 Å². The minimum atomic E-state index is -0.129. The minimum Gasteiger partial charge on any atom is -0.388 e. The number of nitrogens with one attached hydrogen (secondary N) is 2. The van der Waals surface area contributed by atoms with E-state index in [-0.39, 0.29) is 11.3 Å². The normalized spacial score (nSPS) is 11.3. The second kappa shape index (κ2) is 5.85. The Morgan fingerprint density at radius 1 is 1.29 bits per heavy atom. The van der Waals surface area contributed by atoms with E-state index in [2.05, 4.69) is 36.4 Å². The van der Waals surface area contributed by atoms with E-state index in [1.807, 2.05) is 37.6 Å². The minimum absolute atomic E-state index is 0.00942. The molecule has 0 unspecified atom stereocenters. The van der Waals surface area contributed by atoms with Crippen LogP contribution in [-0.2, 0) is 5.41 Å². The average Bonchev–Trinajstić information content (AvgIpc) is 2.87. The van der Waals surface area contributed by atoms with Gasteiger partial charge in [0.1, 0.15) is 0 Å². The number of hydrogen-bond acceptors (Lipinski definition) is 4. The predicted octanol–water partition coefficient (Wildman–Crippen LogP) is 4.04. The lowest BCUT2D eigenvalue weighted by Gasteiger charge is -2.14. The summed E-state index contributed by atoms with van der Waals surface area (Å²) in [5.41, 5.74) is 3.68. The van der Waals surface area contributed by atoms with Crippen LogP contribution in [0.1, 0.15) is 42.4 Å².